The van der Waals surface area contributed by atoms with E-state index < -0.39 is 0 Å². The molecule has 3 atom stereocenters. The summed E-state index contributed by atoms with van der Waals surface area (Å²) in [6, 6.07) is 0. The van der Waals surface area contributed by atoms with Gasteiger partial charge in [0.2, 0.25) is 0 Å². The summed E-state index contributed by atoms with van der Waals surface area (Å²) < 4.78 is 5.50. The lowest BCUT2D eigenvalue weighted by atomic mass is 9.67. The van der Waals surface area contributed by atoms with Crippen LogP contribution < -0.4 is 5.32 Å². The van der Waals surface area contributed by atoms with Crippen molar-refractivity contribution in [2.24, 2.45) is 23.2 Å². The molecule has 3 fully saturated rings. The quantitative estimate of drug-likeness (QED) is 0.812. The Balaban J connectivity index is 1.67. The fraction of sp³-hybridized carbons (Fsp3) is 1.00. The molecule has 0 radical (unpaired) electrons. The van der Waals surface area contributed by atoms with E-state index in [-0.39, 0.29) is 0 Å². The highest BCUT2D eigenvalue weighted by atomic mass is 16.5. The van der Waals surface area contributed by atoms with Gasteiger partial charge in [0, 0.05) is 19.8 Å². The van der Waals surface area contributed by atoms with Crippen LogP contribution in [0.5, 0.6) is 0 Å². The van der Waals surface area contributed by atoms with Crippen LogP contribution in [0.4, 0.5) is 0 Å². The second-order valence-electron chi connectivity index (χ2n) is 6.73. The first-order valence-corrected chi connectivity index (χ1v) is 7.55. The molecule has 3 rings (SSSR count). The molecule has 1 aliphatic heterocycles. The zero-order chi connectivity index (χ0) is 11.7. The van der Waals surface area contributed by atoms with Gasteiger partial charge in [-0.2, -0.15) is 0 Å². The van der Waals surface area contributed by atoms with Crippen molar-refractivity contribution in [3.63, 3.8) is 0 Å². The highest BCUT2D eigenvalue weighted by Crippen LogP contribution is 2.58. The van der Waals surface area contributed by atoms with Crippen LogP contribution in [0.3, 0.4) is 0 Å². The monoisotopic (exact) mass is 237 g/mol. The fourth-order valence-electron chi connectivity index (χ4n) is 4.97. The third-order valence-electron chi connectivity index (χ3n) is 5.67. The first-order valence-electron chi connectivity index (χ1n) is 7.55. The van der Waals surface area contributed by atoms with E-state index in [1.165, 1.54) is 51.5 Å². The molecule has 2 heteroatoms. The molecule has 1 N–H and O–H groups in total. The molecule has 1 heterocycles. The number of nitrogens with one attached hydrogen (secondary N) is 1. The highest BCUT2D eigenvalue weighted by molar-refractivity contribution is 5.02. The molecule has 2 aliphatic carbocycles. The van der Waals surface area contributed by atoms with E-state index in [0.717, 1.165) is 31.0 Å². The molecule has 98 valence electrons. The Bertz CT molecular complexity index is 262. The van der Waals surface area contributed by atoms with E-state index >= 15 is 0 Å². The van der Waals surface area contributed by atoms with Crippen molar-refractivity contribution in [1.82, 2.24) is 5.32 Å². The van der Waals surface area contributed by atoms with Crippen molar-refractivity contribution in [3.05, 3.63) is 0 Å². The second kappa shape index (κ2) is 4.89. The zero-order valence-electron chi connectivity index (χ0n) is 11.2. The summed E-state index contributed by atoms with van der Waals surface area (Å²) in [5, 5.41) is 3.49. The van der Waals surface area contributed by atoms with Crippen molar-refractivity contribution in [3.8, 4) is 0 Å². The minimum Gasteiger partial charge on any atom is -0.381 e. The Hall–Kier alpha value is -0.0800. The van der Waals surface area contributed by atoms with E-state index in [4.69, 9.17) is 4.74 Å². The maximum atomic E-state index is 5.50. The van der Waals surface area contributed by atoms with E-state index in [0.29, 0.717) is 5.41 Å². The summed E-state index contributed by atoms with van der Waals surface area (Å²) in [6.45, 7) is 3.27. The highest BCUT2D eigenvalue weighted by Gasteiger charge is 2.50. The van der Waals surface area contributed by atoms with Gasteiger partial charge in [0.25, 0.3) is 0 Å². The average Bonchev–Trinajstić information content (AvgIpc) is 2.91. The van der Waals surface area contributed by atoms with E-state index in [1.54, 1.807) is 0 Å². The van der Waals surface area contributed by atoms with Crippen molar-refractivity contribution >= 4 is 0 Å². The Morgan fingerprint density at radius 3 is 2.59 bits per heavy atom. The van der Waals surface area contributed by atoms with E-state index in [1.807, 2.05) is 0 Å². The van der Waals surface area contributed by atoms with Gasteiger partial charge in [-0.25, -0.2) is 0 Å². The standard InChI is InChI=1S/C15H27NO/c1-16-11-15(9-12-4-6-17-7-5-12)10-13-2-3-14(15)8-13/h12-14,16H,2-11H2,1H3. The van der Waals surface area contributed by atoms with Gasteiger partial charge in [-0.3, -0.25) is 0 Å². The van der Waals surface area contributed by atoms with Gasteiger partial charge >= 0.3 is 0 Å². The maximum absolute atomic E-state index is 5.50. The first kappa shape index (κ1) is 12.0. The molecule has 2 saturated carbocycles. The van der Waals surface area contributed by atoms with Crippen LogP contribution in [0.1, 0.15) is 44.9 Å². The lowest BCUT2D eigenvalue weighted by Crippen LogP contribution is -2.40. The number of hydrogen-bond donors (Lipinski definition) is 1. The van der Waals surface area contributed by atoms with Crippen LogP contribution in [0.25, 0.3) is 0 Å². The first-order chi connectivity index (χ1) is 8.32. The van der Waals surface area contributed by atoms with E-state index in [2.05, 4.69) is 12.4 Å². The Morgan fingerprint density at radius 2 is 2.00 bits per heavy atom. The molecular formula is C15H27NO. The maximum Gasteiger partial charge on any atom is 0.0468 e. The topological polar surface area (TPSA) is 21.3 Å². The third kappa shape index (κ3) is 2.26. The third-order valence-corrected chi connectivity index (χ3v) is 5.67. The molecule has 0 aromatic carbocycles. The van der Waals surface area contributed by atoms with Gasteiger partial charge in [-0.05, 0) is 68.7 Å². The van der Waals surface area contributed by atoms with Crippen molar-refractivity contribution in [1.29, 1.82) is 0 Å². The van der Waals surface area contributed by atoms with Crippen LogP contribution in [0, 0.1) is 23.2 Å². The van der Waals surface area contributed by atoms with Gasteiger partial charge < -0.3 is 10.1 Å². The summed E-state index contributed by atoms with van der Waals surface area (Å²) in [4.78, 5) is 0. The fourth-order valence-corrected chi connectivity index (χ4v) is 4.97. The molecule has 3 aliphatic rings. The average molecular weight is 237 g/mol. The van der Waals surface area contributed by atoms with Gasteiger partial charge in [0.15, 0.2) is 0 Å². The summed E-state index contributed by atoms with van der Waals surface area (Å²) in [5.74, 6) is 3.03. The van der Waals surface area contributed by atoms with Crippen molar-refractivity contribution < 1.29 is 4.74 Å². The minimum atomic E-state index is 0.652. The summed E-state index contributed by atoms with van der Waals surface area (Å²) >= 11 is 0. The number of fused-ring (bicyclic) bond motifs is 2. The normalized spacial score (nSPS) is 42.2. The predicted octanol–water partition coefficient (Wildman–Crippen LogP) is 2.83. The molecular weight excluding hydrogens is 210 g/mol. The predicted molar refractivity (Wildman–Crippen MR) is 70.0 cm³/mol. The van der Waals surface area contributed by atoms with Gasteiger partial charge in [-0.1, -0.05) is 6.42 Å². The number of ether oxygens (including phenoxy) is 1. The Kier molecular flexibility index (Phi) is 3.45. The van der Waals surface area contributed by atoms with Gasteiger partial charge in [-0.15, -0.1) is 0 Å². The van der Waals surface area contributed by atoms with Crippen molar-refractivity contribution in [2.75, 3.05) is 26.8 Å². The van der Waals surface area contributed by atoms with Crippen molar-refractivity contribution in [2.45, 2.75) is 44.9 Å². The molecule has 0 amide bonds. The molecule has 1 saturated heterocycles. The van der Waals surface area contributed by atoms with Crippen LogP contribution in [0.2, 0.25) is 0 Å². The van der Waals surface area contributed by atoms with Gasteiger partial charge in [0.1, 0.15) is 0 Å². The molecule has 0 aromatic heterocycles. The molecule has 0 spiro atoms. The lowest BCUT2D eigenvalue weighted by Gasteiger charge is -2.41. The Morgan fingerprint density at radius 1 is 1.18 bits per heavy atom. The minimum absolute atomic E-state index is 0.652. The summed E-state index contributed by atoms with van der Waals surface area (Å²) in [5.41, 5.74) is 0.652. The molecule has 3 unspecified atom stereocenters. The smallest absolute Gasteiger partial charge is 0.0468 e. The molecule has 2 bridgehead atoms. The molecule has 0 aromatic rings. The molecule has 2 nitrogen and oxygen atoms in total. The number of hydrogen-bond acceptors (Lipinski definition) is 2. The molecule has 17 heavy (non-hydrogen) atoms. The van der Waals surface area contributed by atoms with Crippen LogP contribution in [0.15, 0.2) is 0 Å². The number of rotatable bonds is 4. The summed E-state index contributed by atoms with van der Waals surface area (Å²) in [7, 11) is 2.14. The van der Waals surface area contributed by atoms with Crippen LogP contribution >= 0.6 is 0 Å². The zero-order valence-corrected chi connectivity index (χ0v) is 11.2. The second-order valence-corrected chi connectivity index (χ2v) is 6.73. The van der Waals surface area contributed by atoms with Gasteiger partial charge in [0.05, 0.1) is 0 Å². The van der Waals surface area contributed by atoms with Crippen LogP contribution in [-0.2, 0) is 4.74 Å². The summed E-state index contributed by atoms with van der Waals surface area (Å²) in [6.07, 6.45) is 10.2. The lowest BCUT2D eigenvalue weighted by molar-refractivity contribution is 0.0325. The SMILES string of the molecule is CNCC1(CC2CCOCC2)CC2CCC1C2. The van der Waals surface area contributed by atoms with E-state index in [9.17, 15) is 0 Å². The largest absolute Gasteiger partial charge is 0.381 e. The Labute approximate surface area is 105 Å². The van der Waals surface area contributed by atoms with Crippen LogP contribution in [-0.4, -0.2) is 26.8 Å².